The van der Waals surface area contributed by atoms with Crippen LogP contribution in [0.1, 0.15) is 15.9 Å². The summed E-state index contributed by atoms with van der Waals surface area (Å²) in [5, 5.41) is 6.18. The number of aromatic nitrogens is 3. The number of hydrogen-bond acceptors (Lipinski definition) is 7. The second-order valence-corrected chi connectivity index (χ2v) is 7.65. The smallest absolute Gasteiger partial charge is 0.251 e. The number of nitrogens with one attached hydrogen (secondary N) is 2. The maximum absolute atomic E-state index is 12.5. The highest BCUT2D eigenvalue weighted by Crippen LogP contribution is 2.27. The van der Waals surface area contributed by atoms with Gasteiger partial charge in [-0.05, 0) is 55.0 Å². The lowest BCUT2D eigenvalue weighted by Gasteiger charge is -2.12. The first kappa shape index (κ1) is 23.2. The van der Waals surface area contributed by atoms with Gasteiger partial charge in [-0.3, -0.25) is 9.20 Å². The van der Waals surface area contributed by atoms with Crippen LogP contribution in [0, 0.1) is 6.92 Å². The summed E-state index contributed by atoms with van der Waals surface area (Å²) in [6, 6.07) is 13.4. The zero-order valence-corrected chi connectivity index (χ0v) is 19.2. The molecule has 0 fully saturated rings. The monoisotopic (exact) mass is 460 g/mol. The van der Waals surface area contributed by atoms with E-state index in [0.29, 0.717) is 43.3 Å². The molecule has 9 nitrogen and oxygen atoms in total. The molecule has 176 valence electrons. The summed E-state index contributed by atoms with van der Waals surface area (Å²) >= 11 is 0. The van der Waals surface area contributed by atoms with Crippen LogP contribution in [0.3, 0.4) is 0 Å². The lowest BCUT2D eigenvalue weighted by Crippen LogP contribution is -2.28. The average molecular weight is 461 g/mol. The van der Waals surface area contributed by atoms with E-state index in [1.807, 2.05) is 60.1 Å². The number of amides is 1. The molecule has 0 aliphatic heterocycles. The fourth-order valence-electron chi connectivity index (χ4n) is 3.63. The number of methoxy groups -OCH3 is 1. The normalized spacial score (nSPS) is 10.9. The van der Waals surface area contributed by atoms with E-state index in [1.165, 1.54) is 0 Å². The Morgan fingerprint density at radius 2 is 1.94 bits per heavy atom. The van der Waals surface area contributed by atoms with Crippen molar-refractivity contribution < 1.29 is 14.3 Å². The van der Waals surface area contributed by atoms with E-state index >= 15 is 0 Å². The van der Waals surface area contributed by atoms with Gasteiger partial charge in [-0.25, -0.2) is 9.97 Å². The third-order valence-corrected chi connectivity index (χ3v) is 5.34. The van der Waals surface area contributed by atoms with Crippen molar-refractivity contribution in [2.45, 2.75) is 6.92 Å². The fraction of sp³-hybridized carbons (Fsp3) is 0.240. The Labute approximate surface area is 197 Å². The average Bonchev–Trinajstić information content (AvgIpc) is 3.29. The molecular weight excluding hydrogens is 432 g/mol. The van der Waals surface area contributed by atoms with Gasteiger partial charge in [-0.1, -0.05) is 0 Å². The van der Waals surface area contributed by atoms with Crippen molar-refractivity contribution in [3.8, 4) is 17.0 Å². The van der Waals surface area contributed by atoms with Gasteiger partial charge in [0.2, 0.25) is 0 Å². The molecule has 2 aromatic heterocycles. The Bertz CT molecular complexity index is 1270. The molecule has 4 N–H and O–H groups in total. The summed E-state index contributed by atoms with van der Waals surface area (Å²) in [6.45, 7) is 3.71. The van der Waals surface area contributed by atoms with Crippen LogP contribution in [-0.2, 0) is 4.74 Å². The van der Waals surface area contributed by atoms with Gasteiger partial charge in [0.15, 0.2) is 11.5 Å². The Morgan fingerprint density at radius 1 is 1.12 bits per heavy atom. The topological polar surface area (TPSA) is 116 Å². The minimum absolute atomic E-state index is 0.141. The number of rotatable bonds is 10. The zero-order valence-electron chi connectivity index (χ0n) is 19.2. The highest BCUT2D eigenvalue weighted by atomic mass is 16.5. The van der Waals surface area contributed by atoms with Crippen molar-refractivity contribution in [1.82, 2.24) is 19.7 Å². The second-order valence-electron chi connectivity index (χ2n) is 7.65. The molecule has 9 heteroatoms. The van der Waals surface area contributed by atoms with Gasteiger partial charge in [0.1, 0.15) is 5.75 Å². The molecule has 2 heterocycles. The molecule has 0 saturated carbocycles. The quantitative estimate of drug-likeness (QED) is 0.311. The zero-order chi connectivity index (χ0) is 23.9. The first-order valence-electron chi connectivity index (χ1n) is 11.0. The second kappa shape index (κ2) is 10.8. The van der Waals surface area contributed by atoms with Crippen LogP contribution in [-0.4, -0.2) is 53.7 Å². The summed E-state index contributed by atoms with van der Waals surface area (Å²) < 4.78 is 12.5. The van der Waals surface area contributed by atoms with Crippen LogP contribution in [0.2, 0.25) is 0 Å². The summed E-state index contributed by atoms with van der Waals surface area (Å²) in [6.07, 6.45) is 5.42. The summed E-state index contributed by atoms with van der Waals surface area (Å²) in [7, 11) is 1.65. The number of ether oxygens (including phenoxy) is 2. The largest absolute Gasteiger partial charge is 0.497 e. The van der Waals surface area contributed by atoms with Crippen LogP contribution in [0.4, 0.5) is 11.5 Å². The van der Waals surface area contributed by atoms with Crippen molar-refractivity contribution >= 4 is 23.1 Å². The standard InChI is InChI=1S/C25H28N6O3/c1-17-15-19(5-8-21(17)25(32)28-11-14-34-13-9-26)30-23-24-29-16-22(31(24)12-10-27-23)18-3-6-20(33-2)7-4-18/h3-8,10,12,15-16H,9,11,13-14,26H2,1-2H3,(H,27,30)(H,28,32). The number of nitrogens with zero attached hydrogens (tertiary/aromatic N) is 3. The third-order valence-electron chi connectivity index (χ3n) is 5.34. The van der Waals surface area contributed by atoms with Crippen LogP contribution >= 0.6 is 0 Å². The molecule has 2 aromatic carbocycles. The summed E-state index contributed by atoms with van der Waals surface area (Å²) in [4.78, 5) is 21.5. The molecule has 4 aromatic rings. The van der Waals surface area contributed by atoms with Gasteiger partial charge in [0.05, 0.1) is 32.2 Å². The first-order chi connectivity index (χ1) is 16.6. The molecule has 0 saturated heterocycles. The molecule has 0 unspecified atom stereocenters. The van der Waals surface area contributed by atoms with Crippen molar-refractivity contribution in [3.05, 3.63) is 72.2 Å². The number of imidazole rings is 1. The first-order valence-corrected chi connectivity index (χ1v) is 11.0. The minimum atomic E-state index is -0.141. The molecule has 0 atom stereocenters. The highest BCUT2D eigenvalue weighted by molar-refractivity contribution is 5.96. The Hall–Kier alpha value is -3.95. The van der Waals surface area contributed by atoms with E-state index in [4.69, 9.17) is 15.2 Å². The lowest BCUT2D eigenvalue weighted by molar-refractivity contribution is 0.0919. The van der Waals surface area contributed by atoms with Crippen LogP contribution in [0.15, 0.2) is 61.1 Å². The van der Waals surface area contributed by atoms with Crippen molar-refractivity contribution in [3.63, 3.8) is 0 Å². The number of anilines is 2. The molecule has 0 aliphatic rings. The summed E-state index contributed by atoms with van der Waals surface area (Å²) in [5.41, 5.74) is 10.3. The number of benzene rings is 2. The molecule has 34 heavy (non-hydrogen) atoms. The maximum Gasteiger partial charge on any atom is 0.251 e. The number of carbonyl (C=O) groups is 1. The van der Waals surface area contributed by atoms with Gasteiger partial charge < -0.3 is 25.8 Å². The number of fused-ring (bicyclic) bond motifs is 1. The molecule has 0 aliphatic carbocycles. The van der Waals surface area contributed by atoms with E-state index < -0.39 is 0 Å². The predicted octanol–water partition coefficient (Wildman–Crippen LogP) is 3.16. The third kappa shape index (κ3) is 5.16. The van der Waals surface area contributed by atoms with Crippen molar-refractivity contribution in [2.24, 2.45) is 5.73 Å². The number of hydrogen-bond donors (Lipinski definition) is 3. The molecule has 0 radical (unpaired) electrons. The molecule has 0 spiro atoms. The molecule has 4 rings (SSSR count). The van der Waals surface area contributed by atoms with Gasteiger partial charge in [-0.2, -0.15) is 0 Å². The molecular formula is C25H28N6O3. The van der Waals surface area contributed by atoms with Crippen LogP contribution in [0.5, 0.6) is 5.75 Å². The summed E-state index contributed by atoms with van der Waals surface area (Å²) in [5.74, 6) is 1.28. The van der Waals surface area contributed by atoms with E-state index in [2.05, 4.69) is 20.6 Å². The Morgan fingerprint density at radius 3 is 2.68 bits per heavy atom. The van der Waals surface area contributed by atoms with Crippen LogP contribution in [0.25, 0.3) is 16.9 Å². The van der Waals surface area contributed by atoms with Crippen molar-refractivity contribution in [2.75, 3.05) is 38.7 Å². The van der Waals surface area contributed by atoms with Gasteiger partial charge >= 0.3 is 0 Å². The lowest BCUT2D eigenvalue weighted by atomic mass is 10.1. The Balaban J connectivity index is 1.50. The van der Waals surface area contributed by atoms with E-state index in [-0.39, 0.29) is 5.91 Å². The van der Waals surface area contributed by atoms with Gasteiger partial charge in [0, 0.05) is 42.3 Å². The van der Waals surface area contributed by atoms with E-state index in [1.54, 1.807) is 19.4 Å². The van der Waals surface area contributed by atoms with E-state index in [9.17, 15) is 4.79 Å². The van der Waals surface area contributed by atoms with Crippen LogP contribution < -0.4 is 21.1 Å². The van der Waals surface area contributed by atoms with Gasteiger partial charge in [0.25, 0.3) is 5.91 Å². The predicted molar refractivity (Wildman–Crippen MR) is 132 cm³/mol. The molecule has 0 bridgehead atoms. The van der Waals surface area contributed by atoms with Crippen molar-refractivity contribution in [1.29, 1.82) is 0 Å². The minimum Gasteiger partial charge on any atom is -0.497 e. The number of nitrogens with two attached hydrogens (primary N) is 1. The maximum atomic E-state index is 12.5. The fourth-order valence-corrected chi connectivity index (χ4v) is 3.63. The SMILES string of the molecule is COc1ccc(-c2cnc3c(Nc4ccc(C(=O)NCCOCCN)c(C)c4)nccn23)cc1. The molecule has 1 amide bonds. The Kier molecular flexibility index (Phi) is 7.36. The number of aryl methyl sites for hydroxylation is 1. The highest BCUT2D eigenvalue weighted by Gasteiger charge is 2.13. The number of carbonyl (C=O) groups excluding carboxylic acids is 1. The van der Waals surface area contributed by atoms with E-state index in [0.717, 1.165) is 28.3 Å². The van der Waals surface area contributed by atoms with Gasteiger partial charge in [-0.15, -0.1) is 0 Å².